The zero-order valence-electron chi connectivity index (χ0n) is 12.4. The van der Waals surface area contributed by atoms with Crippen LogP contribution in [0.15, 0.2) is 24.3 Å². The highest BCUT2D eigenvalue weighted by atomic mass is 32.2. The van der Waals surface area contributed by atoms with Crippen LogP contribution in [0.2, 0.25) is 0 Å². The van der Waals surface area contributed by atoms with Gasteiger partial charge in [0.2, 0.25) is 0 Å². The van der Waals surface area contributed by atoms with Gasteiger partial charge in [-0.3, -0.25) is 0 Å². The van der Waals surface area contributed by atoms with E-state index in [1.807, 2.05) is 13.0 Å². The second-order valence-corrected chi connectivity index (χ2v) is 9.06. The Morgan fingerprint density at radius 2 is 2.00 bits per heavy atom. The number of sulfone groups is 1. The van der Waals surface area contributed by atoms with Gasteiger partial charge in [-0.05, 0) is 29.4 Å². The second kappa shape index (κ2) is 4.57. The van der Waals surface area contributed by atoms with Gasteiger partial charge >= 0.3 is 0 Å². The fraction of sp³-hybridized carbons (Fsp3) is 0.625. The smallest absolute Gasteiger partial charge is 0.156 e. The molecule has 1 N–H and O–H groups in total. The molecule has 0 saturated carbocycles. The van der Waals surface area contributed by atoms with Gasteiger partial charge in [0.1, 0.15) is 0 Å². The van der Waals surface area contributed by atoms with E-state index in [1.54, 1.807) is 0 Å². The fourth-order valence-electron chi connectivity index (χ4n) is 3.79. The molecule has 0 spiro atoms. The van der Waals surface area contributed by atoms with Crippen molar-refractivity contribution in [3.8, 4) is 0 Å². The van der Waals surface area contributed by atoms with Gasteiger partial charge in [0.05, 0.1) is 11.0 Å². The second-order valence-electron chi connectivity index (χ2n) is 6.79. The lowest BCUT2D eigenvalue weighted by Gasteiger charge is -2.46. The molecule has 1 aliphatic heterocycles. The van der Waals surface area contributed by atoms with Crippen molar-refractivity contribution in [1.29, 1.82) is 0 Å². The monoisotopic (exact) mass is 293 g/mol. The predicted molar refractivity (Wildman–Crippen MR) is 81.6 cm³/mol. The van der Waals surface area contributed by atoms with Crippen molar-refractivity contribution in [1.82, 2.24) is 5.32 Å². The summed E-state index contributed by atoms with van der Waals surface area (Å²) in [5, 5.41) is 3.29. The number of hydrogen-bond donors (Lipinski definition) is 1. The summed E-state index contributed by atoms with van der Waals surface area (Å²) in [6.07, 6.45) is 1.56. The maximum atomic E-state index is 12.6. The minimum absolute atomic E-state index is 0.0390. The summed E-state index contributed by atoms with van der Waals surface area (Å²) in [6.45, 7) is 6.36. The molecule has 4 heteroatoms. The van der Waals surface area contributed by atoms with E-state index in [9.17, 15) is 8.42 Å². The Kier molecular flexibility index (Phi) is 3.22. The summed E-state index contributed by atoms with van der Waals surface area (Å²) in [4.78, 5) is 0. The van der Waals surface area contributed by atoms with Crippen LogP contribution < -0.4 is 5.32 Å². The lowest BCUT2D eigenvalue weighted by molar-refractivity contribution is 0.318. The van der Waals surface area contributed by atoms with Gasteiger partial charge in [-0.15, -0.1) is 0 Å². The van der Waals surface area contributed by atoms with Gasteiger partial charge in [-0.1, -0.05) is 45.0 Å². The molecule has 0 aromatic heterocycles. The summed E-state index contributed by atoms with van der Waals surface area (Å²) in [5.41, 5.74) is 2.39. The van der Waals surface area contributed by atoms with Gasteiger partial charge in [0, 0.05) is 12.1 Å². The van der Waals surface area contributed by atoms with Crippen LogP contribution in [0.4, 0.5) is 0 Å². The van der Waals surface area contributed by atoms with E-state index in [-0.39, 0.29) is 28.5 Å². The molecular formula is C16H23NO2S. The zero-order chi connectivity index (χ0) is 14.5. The molecule has 20 heavy (non-hydrogen) atoms. The first-order valence-electron chi connectivity index (χ1n) is 7.42. The van der Waals surface area contributed by atoms with Crippen LogP contribution in [0.25, 0.3) is 0 Å². The highest BCUT2D eigenvalue weighted by molar-refractivity contribution is 7.92. The minimum Gasteiger partial charge on any atom is -0.305 e. The Bertz CT molecular complexity index is 621. The molecule has 1 aromatic carbocycles. The van der Waals surface area contributed by atoms with Crippen molar-refractivity contribution < 1.29 is 8.42 Å². The zero-order valence-corrected chi connectivity index (χ0v) is 13.2. The molecule has 1 fully saturated rings. The number of hydrogen-bond acceptors (Lipinski definition) is 3. The molecule has 3 atom stereocenters. The number of benzene rings is 1. The Balaban J connectivity index is 2.13. The van der Waals surface area contributed by atoms with E-state index in [1.165, 1.54) is 11.1 Å². The fourth-order valence-corrected chi connectivity index (χ4v) is 6.24. The maximum Gasteiger partial charge on any atom is 0.156 e. The average molecular weight is 293 g/mol. The van der Waals surface area contributed by atoms with E-state index in [0.29, 0.717) is 6.42 Å². The van der Waals surface area contributed by atoms with Crippen molar-refractivity contribution in [3.63, 3.8) is 0 Å². The van der Waals surface area contributed by atoms with Crippen molar-refractivity contribution in [3.05, 3.63) is 35.4 Å². The van der Waals surface area contributed by atoms with Gasteiger partial charge in [0.15, 0.2) is 9.84 Å². The molecule has 0 amide bonds. The summed E-state index contributed by atoms with van der Waals surface area (Å²) < 4.78 is 25.3. The van der Waals surface area contributed by atoms with Crippen molar-refractivity contribution in [2.75, 3.05) is 5.75 Å². The number of fused-ring (bicyclic) bond motifs is 3. The summed E-state index contributed by atoms with van der Waals surface area (Å²) in [6, 6.07) is 8.35. The van der Waals surface area contributed by atoms with Gasteiger partial charge in [-0.2, -0.15) is 0 Å². The maximum absolute atomic E-state index is 12.6. The van der Waals surface area contributed by atoms with Gasteiger partial charge in [0.25, 0.3) is 0 Å². The van der Waals surface area contributed by atoms with E-state index in [4.69, 9.17) is 0 Å². The van der Waals surface area contributed by atoms with Crippen LogP contribution in [-0.2, 0) is 15.3 Å². The quantitative estimate of drug-likeness (QED) is 0.865. The number of rotatable bonds is 1. The standard InChI is InChI=1S/C16H23NO2S/c1-4-11-10-20(18,19)14-9-16(2,3)13-8-6-5-7-12(13)15(14)17-11/h5-8,11,14-15,17H,4,9-10H2,1-3H3. The Morgan fingerprint density at radius 1 is 1.30 bits per heavy atom. The molecule has 1 heterocycles. The highest BCUT2D eigenvalue weighted by Gasteiger charge is 2.48. The molecule has 1 saturated heterocycles. The van der Waals surface area contributed by atoms with E-state index in [2.05, 4.69) is 37.4 Å². The molecule has 0 radical (unpaired) electrons. The van der Waals surface area contributed by atoms with Crippen LogP contribution >= 0.6 is 0 Å². The molecule has 2 aliphatic rings. The van der Waals surface area contributed by atoms with Crippen LogP contribution in [0, 0.1) is 0 Å². The van der Waals surface area contributed by atoms with Gasteiger partial charge < -0.3 is 5.32 Å². The van der Waals surface area contributed by atoms with Gasteiger partial charge in [-0.25, -0.2) is 8.42 Å². The Hall–Kier alpha value is -0.870. The van der Waals surface area contributed by atoms with Crippen molar-refractivity contribution in [2.24, 2.45) is 0 Å². The normalized spacial score (nSPS) is 34.0. The summed E-state index contributed by atoms with van der Waals surface area (Å²) in [7, 11) is -3.02. The molecule has 3 rings (SSSR count). The molecular weight excluding hydrogens is 270 g/mol. The van der Waals surface area contributed by atoms with Crippen LogP contribution in [0.3, 0.4) is 0 Å². The lowest BCUT2D eigenvalue weighted by atomic mass is 9.70. The topological polar surface area (TPSA) is 46.2 Å². The molecule has 110 valence electrons. The van der Waals surface area contributed by atoms with E-state index < -0.39 is 9.84 Å². The molecule has 0 bridgehead atoms. The summed E-state index contributed by atoms with van der Waals surface area (Å²) in [5.74, 6) is 0.281. The molecule has 3 nitrogen and oxygen atoms in total. The average Bonchev–Trinajstić information content (AvgIpc) is 2.39. The largest absolute Gasteiger partial charge is 0.305 e. The van der Waals surface area contributed by atoms with Crippen molar-refractivity contribution in [2.45, 2.75) is 56.4 Å². The van der Waals surface area contributed by atoms with Crippen LogP contribution in [0.5, 0.6) is 0 Å². The Labute approximate surface area is 121 Å². The first-order valence-corrected chi connectivity index (χ1v) is 9.14. The SMILES string of the molecule is CCC1CS(=O)(=O)C2CC(C)(C)c3ccccc3C2N1. The summed E-state index contributed by atoms with van der Waals surface area (Å²) >= 11 is 0. The van der Waals surface area contributed by atoms with Crippen LogP contribution in [-0.4, -0.2) is 25.5 Å². The van der Waals surface area contributed by atoms with E-state index >= 15 is 0 Å². The first kappa shape index (κ1) is 14.1. The minimum atomic E-state index is -3.02. The third-order valence-electron chi connectivity index (χ3n) is 4.91. The number of nitrogens with one attached hydrogen (secondary N) is 1. The predicted octanol–water partition coefficient (Wildman–Crippen LogP) is 2.57. The highest BCUT2D eigenvalue weighted by Crippen LogP contribution is 2.46. The first-order chi connectivity index (χ1) is 9.35. The lowest BCUT2D eigenvalue weighted by Crippen LogP contribution is -2.56. The van der Waals surface area contributed by atoms with E-state index in [0.717, 1.165) is 6.42 Å². The van der Waals surface area contributed by atoms with Crippen molar-refractivity contribution >= 4 is 9.84 Å². The molecule has 3 unspecified atom stereocenters. The third-order valence-corrected chi connectivity index (χ3v) is 7.14. The van der Waals surface area contributed by atoms with Crippen LogP contribution in [0.1, 0.15) is 50.8 Å². The molecule has 1 aromatic rings. The third kappa shape index (κ3) is 2.09. The molecule has 1 aliphatic carbocycles. The Morgan fingerprint density at radius 3 is 2.70 bits per heavy atom.